The van der Waals surface area contributed by atoms with E-state index in [9.17, 15) is 9.90 Å². The first kappa shape index (κ1) is 14.2. The Kier molecular flexibility index (Phi) is 5.65. The van der Waals surface area contributed by atoms with Crippen molar-refractivity contribution in [2.75, 3.05) is 12.0 Å². The molecule has 0 fully saturated rings. The van der Waals surface area contributed by atoms with E-state index in [2.05, 4.69) is 5.32 Å². The summed E-state index contributed by atoms with van der Waals surface area (Å²) in [5, 5.41) is 12.8. The highest BCUT2D eigenvalue weighted by Gasteiger charge is 2.13. The van der Waals surface area contributed by atoms with Gasteiger partial charge in [0.2, 0.25) is 0 Å². The molecule has 0 saturated heterocycles. The summed E-state index contributed by atoms with van der Waals surface area (Å²) in [5.74, 6) is 0.633. The van der Waals surface area contributed by atoms with Gasteiger partial charge in [-0.2, -0.15) is 11.8 Å². The molecule has 0 aliphatic carbocycles. The van der Waals surface area contributed by atoms with E-state index in [1.54, 1.807) is 17.8 Å². The fourth-order valence-corrected chi connectivity index (χ4v) is 2.12. The third-order valence-electron chi connectivity index (χ3n) is 2.34. The number of carbonyl (C=O) groups excluding carboxylic acids is 1. The first-order valence-electron chi connectivity index (χ1n) is 5.33. The lowest BCUT2D eigenvalue weighted by atomic mass is 10.1. The molecule has 94 valence electrons. The summed E-state index contributed by atoms with van der Waals surface area (Å²) in [4.78, 5) is 11.8. The topological polar surface area (TPSA) is 49.3 Å². The molecule has 0 aliphatic rings. The van der Waals surface area contributed by atoms with Gasteiger partial charge in [-0.3, -0.25) is 4.79 Å². The van der Waals surface area contributed by atoms with Crippen LogP contribution in [0.3, 0.4) is 0 Å². The number of halogens is 1. The average molecular weight is 274 g/mol. The van der Waals surface area contributed by atoms with Crippen LogP contribution in [0.4, 0.5) is 0 Å². The van der Waals surface area contributed by atoms with E-state index in [0.29, 0.717) is 5.02 Å². The summed E-state index contributed by atoms with van der Waals surface area (Å²) >= 11 is 7.44. The number of phenolic OH excluding ortho intramolecular Hbond substituents is 1. The van der Waals surface area contributed by atoms with Gasteiger partial charge in [-0.15, -0.1) is 0 Å². The van der Waals surface area contributed by atoms with E-state index < -0.39 is 0 Å². The fourth-order valence-electron chi connectivity index (χ4n) is 1.37. The van der Waals surface area contributed by atoms with Crippen LogP contribution in [0.5, 0.6) is 5.75 Å². The number of aromatic hydroxyl groups is 1. The molecule has 5 heteroatoms. The van der Waals surface area contributed by atoms with Gasteiger partial charge < -0.3 is 10.4 Å². The summed E-state index contributed by atoms with van der Waals surface area (Å²) in [6, 6.07) is 4.56. The highest BCUT2D eigenvalue weighted by molar-refractivity contribution is 7.98. The van der Waals surface area contributed by atoms with Crippen molar-refractivity contribution in [3.63, 3.8) is 0 Å². The second-order valence-corrected chi connectivity index (χ2v) is 5.24. The molecule has 1 unspecified atom stereocenters. The van der Waals surface area contributed by atoms with Gasteiger partial charge in [0.05, 0.1) is 5.56 Å². The van der Waals surface area contributed by atoms with Gasteiger partial charge in [0.15, 0.2) is 0 Å². The lowest BCUT2D eigenvalue weighted by molar-refractivity contribution is 0.0937. The molecule has 17 heavy (non-hydrogen) atoms. The number of rotatable bonds is 5. The Hall–Kier alpha value is -0.870. The lowest BCUT2D eigenvalue weighted by Crippen LogP contribution is -2.32. The first-order valence-corrected chi connectivity index (χ1v) is 7.10. The summed E-state index contributed by atoms with van der Waals surface area (Å²) in [5.41, 5.74) is 0.255. The summed E-state index contributed by atoms with van der Waals surface area (Å²) in [6.45, 7) is 1.95. The Bertz CT molecular complexity index is 398. The Morgan fingerprint density at radius 1 is 1.59 bits per heavy atom. The van der Waals surface area contributed by atoms with Crippen molar-refractivity contribution in [2.24, 2.45) is 0 Å². The van der Waals surface area contributed by atoms with E-state index in [0.717, 1.165) is 12.2 Å². The maximum absolute atomic E-state index is 11.8. The number of hydrogen-bond acceptors (Lipinski definition) is 3. The summed E-state index contributed by atoms with van der Waals surface area (Å²) in [6.07, 6.45) is 2.93. The molecule has 2 N–H and O–H groups in total. The molecular formula is C12H16ClNO2S. The monoisotopic (exact) mass is 273 g/mol. The fraction of sp³-hybridized carbons (Fsp3) is 0.417. The number of hydrogen-bond donors (Lipinski definition) is 2. The van der Waals surface area contributed by atoms with Gasteiger partial charge in [0.25, 0.3) is 5.91 Å². The molecule has 3 nitrogen and oxygen atoms in total. The van der Waals surface area contributed by atoms with Crippen LogP contribution in [0, 0.1) is 0 Å². The standard InChI is InChI=1S/C12H16ClNO2S/c1-8(5-6-17-2)14-12(16)10-4-3-9(13)7-11(10)15/h3-4,7-8,15H,5-6H2,1-2H3,(H,14,16). The van der Waals surface area contributed by atoms with Gasteiger partial charge in [0.1, 0.15) is 5.75 Å². The van der Waals surface area contributed by atoms with E-state index in [4.69, 9.17) is 11.6 Å². The Balaban J connectivity index is 2.63. The van der Waals surface area contributed by atoms with Gasteiger partial charge in [0, 0.05) is 11.1 Å². The van der Waals surface area contributed by atoms with Crippen LogP contribution in [0.25, 0.3) is 0 Å². The van der Waals surface area contributed by atoms with Crippen molar-refractivity contribution in [3.05, 3.63) is 28.8 Å². The third-order valence-corrected chi connectivity index (χ3v) is 3.22. The van der Waals surface area contributed by atoms with Gasteiger partial charge in [-0.25, -0.2) is 0 Å². The molecule has 1 aromatic carbocycles. The number of carbonyl (C=O) groups is 1. The van der Waals surface area contributed by atoms with Crippen LogP contribution in [-0.4, -0.2) is 29.1 Å². The maximum atomic E-state index is 11.8. The van der Waals surface area contributed by atoms with Crippen molar-refractivity contribution in [1.82, 2.24) is 5.32 Å². The Morgan fingerprint density at radius 3 is 2.88 bits per heavy atom. The van der Waals surface area contributed by atoms with Crippen LogP contribution in [-0.2, 0) is 0 Å². The maximum Gasteiger partial charge on any atom is 0.255 e. The largest absolute Gasteiger partial charge is 0.507 e. The zero-order valence-corrected chi connectivity index (χ0v) is 11.4. The Morgan fingerprint density at radius 2 is 2.29 bits per heavy atom. The van der Waals surface area contributed by atoms with Gasteiger partial charge in [-0.1, -0.05) is 11.6 Å². The number of amides is 1. The smallest absolute Gasteiger partial charge is 0.255 e. The van der Waals surface area contributed by atoms with Crippen LogP contribution >= 0.6 is 23.4 Å². The predicted octanol–water partition coefficient (Wildman–Crippen LogP) is 2.92. The van der Waals surface area contributed by atoms with Crippen LogP contribution in [0.1, 0.15) is 23.7 Å². The average Bonchev–Trinajstić information content (AvgIpc) is 2.26. The SMILES string of the molecule is CSCCC(C)NC(=O)c1ccc(Cl)cc1O. The predicted molar refractivity (Wildman–Crippen MR) is 73.0 cm³/mol. The molecule has 0 aromatic heterocycles. The normalized spacial score (nSPS) is 12.2. The number of benzene rings is 1. The van der Waals surface area contributed by atoms with E-state index >= 15 is 0 Å². The molecule has 0 spiro atoms. The minimum absolute atomic E-state index is 0.0880. The first-order chi connectivity index (χ1) is 8.04. The second-order valence-electron chi connectivity index (χ2n) is 3.82. The zero-order valence-electron chi connectivity index (χ0n) is 9.87. The lowest BCUT2D eigenvalue weighted by Gasteiger charge is -2.13. The molecule has 0 bridgehead atoms. The molecule has 0 radical (unpaired) electrons. The van der Waals surface area contributed by atoms with Crippen molar-refractivity contribution in [2.45, 2.75) is 19.4 Å². The molecule has 1 atom stereocenters. The highest BCUT2D eigenvalue weighted by Crippen LogP contribution is 2.21. The van der Waals surface area contributed by atoms with Crippen LogP contribution in [0.15, 0.2) is 18.2 Å². The molecule has 0 heterocycles. The molecule has 1 rings (SSSR count). The molecule has 0 saturated carbocycles. The van der Waals surface area contributed by atoms with Gasteiger partial charge in [-0.05, 0) is 43.6 Å². The number of phenols is 1. The highest BCUT2D eigenvalue weighted by atomic mass is 35.5. The van der Waals surface area contributed by atoms with Crippen molar-refractivity contribution in [3.8, 4) is 5.75 Å². The number of thioether (sulfide) groups is 1. The molecule has 0 aliphatic heterocycles. The van der Waals surface area contributed by atoms with E-state index in [1.165, 1.54) is 12.1 Å². The van der Waals surface area contributed by atoms with Crippen molar-refractivity contribution < 1.29 is 9.90 Å². The van der Waals surface area contributed by atoms with Crippen molar-refractivity contribution in [1.29, 1.82) is 0 Å². The third kappa shape index (κ3) is 4.48. The van der Waals surface area contributed by atoms with E-state index in [-0.39, 0.29) is 23.3 Å². The minimum atomic E-state index is -0.271. The molecule has 1 aromatic rings. The minimum Gasteiger partial charge on any atom is -0.507 e. The molecule has 1 amide bonds. The summed E-state index contributed by atoms with van der Waals surface area (Å²) < 4.78 is 0. The zero-order chi connectivity index (χ0) is 12.8. The van der Waals surface area contributed by atoms with Crippen molar-refractivity contribution >= 4 is 29.3 Å². The van der Waals surface area contributed by atoms with Crippen LogP contribution < -0.4 is 5.32 Å². The molecular weight excluding hydrogens is 258 g/mol. The summed E-state index contributed by atoms with van der Waals surface area (Å²) in [7, 11) is 0. The van der Waals surface area contributed by atoms with Gasteiger partial charge >= 0.3 is 0 Å². The second kappa shape index (κ2) is 6.77. The Labute approximate surface area is 111 Å². The number of nitrogens with one attached hydrogen (secondary N) is 1. The van der Waals surface area contributed by atoms with E-state index in [1.807, 2.05) is 13.2 Å². The quantitative estimate of drug-likeness (QED) is 0.867. The van der Waals surface area contributed by atoms with Crippen LogP contribution in [0.2, 0.25) is 5.02 Å².